The van der Waals surface area contributed by atoms with Gasteiger partial charge in [-0.1, -0.05) is 60.7 Å². The maximum atomic E-state index is 12.6. The first kappa shape index (κ1) is 12.4. The second kappa shape index (κ2) is 4.43. The van der Waals surface area contributed by atoms with Gasteiger partial charge in [0.05, 0.1) is 16.7 Å². The fourth-order valence-corrected chi connectivity index (χ4v) is 3.56. The largest absolute Gasteiger partial charge is 0.308 e. The molecular weight excluding hydrogens is 282 g/mol. The van der Waals surface area contributed by atoms with Gasteiger partial charge in [0.25, 0.3) is 0 Å². The van der Waals surface area contributed by atoms with E-state index in [4.69, 9.17) is 0 Å². The Balaban J connectivity index is 2.13. The molecule has 0 bridgehead atoms. The van der Waals surface area contributed by atoms with Crippen LogP contribution in [-0.2, 0) is 0 Å². The first-order valence-corrected chi connectivity index (χ1v) is 7.68. The van der Waals surface area contributed by atoms with Crippen molar-refractivity contribution < 1.29 is 0 Å². The topological polar surface area (TPSA) is 21.5 Å². The van der Waals surface area contributed by atoms with Gasteiger partial charge in [-0.05, 0) is 17.7 Å². The van der Waals surface area contributed by atoms with Crippen LogP contribution in [0, 0.1) is 0 Å². The molecule has 0 saturated carbocycles. The van der Waals surface area contributed by atoms with Crippen molar-refractivity contribution in [2.45, 2.75) is 0 Å². The summed E-state index contributed by atoms with van der Waals surface area (Å²) in [6.45, 7) is 0. The zero-order valence-electron chi connectivity index (χ0n) is 12.4. The summed E-state index contributed by atoms with van der Waals surface area (Å²) in [5.74, 6) is 0. The first-order chi connectivity index (χ1) is 11.3. The number of hydrogen-bond acceptors (Lipinski definition) is 1. The van der Waals surface area contributed by atoms with E-state index in [2.05, 4.69) is 22.6 Å². The van der Waals surface area contributed by atoms with Crippen LogP contribution in [0.15, 0.2) is 83.7 Å². The van der Waals surface area contributed by atoms with Crippen LogP contribution in [0.1, 0.15) is 0 Å². The molecule has 0 atom stereocenters. The van der Waals surface area contributed by atoms with Crippen LogP contribution in [0.3, 0.4) is 0 Å². The Kier molecular flexibility index (Phi) is 2.39. The zero-order chi connectivity index (χ0) is 15.4. The Bertz CT molecular complexity index is 1220. The summed E-state index contributed by atoms with van der Waals surface area (Å²) in [4.78, 5) is 12.6. The molecule has 0 aliphatic carbocycles. The van der Waals surface area contributed by atoms with Crippen LogP contribution >= 0.6 is 0 Å². The molecule has 3 aromatic carbocycles. The van der Waals surface area contributed by atoms with Crippen LogP contribution in [0.4, 0.5) is 0 Å². The normalized spacial score (nSPS) is 11.7. The molecule has 0 radical (unpaired) electrons. The van der Waals surface area contributed by atoms with E-state index in [1.807, 2.05) is 54.6 Å². The van der Waals surface area contributed by atoms with Crippen LogP contribution in [0.2, 0.25) is 0 Å². The molecule has 23 heavy (non-hydrogen) atoms. The average Bonchev–Trinajstić information content (AvgIpc) is 2.95. The maximum Gasteiger partial charge on any atom is 0.190 e. The van der Waals surface area contributed by atoms with E-state index >= 15 is 0 Å². The molecule has 0 aliphatic rings. The predicted octanol–water partition coefficient (Wildman–Crippen LogP) is 4.71. The van der Waals surface area contributed by atoms with Crippen molar-refractivity contribution >= 4 is 27.2 Å². The molecule has 2 aromatic heterocycles. The van der Waals surface area contributed by atoms with E-state index in [0.717, 1.165) is 33.1 Å². The third kappa shape index (κ3) is 1.60. The zero-order valence-corrected chi connectivity index (χ0v) is 12.4. The molecule has 5 rings (SSSR count). The van der Waals surface area contributed by atoms with Crippen molar-refractivity contribution in [2.24, 2.45) is 0 Å². The minimum Gasteiger partial charge on any atom is -0.308 e. The van der Waals surface area contributed by atoms with Crippen LogP contribution in [0.25, 0.3) is 38.4 Å². The fourth-order valence-electron chi connectivity index (χ4n) is 3.56. The molecule has 0 unspecified atom stereocenters. The van der Waals surface area contributed by atoms with E-state index in [9.17, 15) is 4.79 Å². The Morgan fingerprint density at radius 3 is 2.22 bits per heavy atom. The lowest BCUT2D eigenvalue weighted by molar-refractivity contribution is 1.26. The standard InChI is InChI=1S/C21H13NO/c23-20-13-19(14-7-2-1-3-8-14)22-18-12-5-4-9-15(18)16-10-6-11-17(20)21(16)22/h1-13H. The molecule has 0 fully saturated rings. The Morgan fingerprint density at radius 2 is 1.35 bits per heavy atom. The Labute approximate surface area is 132 Å². The van der Waals surface area contributed by atoms with Gasteiger partial charge in [-0.25, -0.2) is 0 Å². The van der Waals surface area contributed by atoms with Crippen LogP contribution < -0.4 is 5.43 Å². The van der Waals surface area contributed by atoms with Crippen molar-refractivity contribution in [1.82, 2.24) is 4.40 Å². The number of pyridine rings is 1. The molecule has 5 aromatic rings. The highest BCUT2D eigenvalue weighted by Gasteiger charge is 2.16. The summed E-state index contributed by atoms with van der Waals surface area (Å²) in [7, 11) is 0. The predicted molar refractivity (Wildman–Crippen MR) is 95.3 cm³/mol. The maximum absolute atomic E-state index is 12.6. The molecular formula is C21H13NO. The molecule has 0 N–H and O–H groups in total. The van der Waals surface area contributed by atoms with Gasteiger partial charge in [0.15, 0.2) is 5.43 Å². The Hall–Kier alpha value is -3.13. The molecule has 0 amide bonds. The highest BCUT2D eigenvalue weighted by molar-refractivity contribution is 6.14. The summed E-state index contributed by atoms with van der Waals surface area (Å²) < 4.78 is 2.22. The van der Waals surface area contributed by atoms with Crippen molar-refractivity contribution in [1.29, 1.82) is 0 Å². The van der Waals surface area contributed by atoms with Crippen LogP contribution in [0.5, 0.6) is 0 Å². The van der Waals surface area contributed by atoms with Crippen LogP contribution in [-0.4, -0.2) is 4.40 Å². The van der Waals surface area contributed by atoms with Crippen molar-refractivity contribution in [3.8, 4) is 11.3 Å². The number of rotatable bonds is 1. The van der Waals surface area contributed by atoms with Gasteiger partial charge >= 0.3 is 0 Å². The highest BCUT2D eigenvalue weighted by atomic mass is 16.1. The SMILES string of the molecule is O=c1cc(-c2ccccc2)n2c3ccccc3c3cccc1c32. The second-order valence-corrected chi connectivity index (χ2v) is 5.81. The molecule has 2 nitrogen and oxygen atoms in total. The number of nitrogens with zero attached hydrogens (tertiary/aromatic N) is 1. The van der Waals surface area contributed by atoms with Gasteiger partial charge in [0.1, 0.15) is 0 Å². The smallest absolute Gasteiger partial charge is 0.190 e. The minimum absolute atomic E-state index is 0.0739. The molecule has 2 heteroatoms. The average molecular weight is 295 g/mol. The van der Waals surface area contributed by atoms with E-state index in [0.29, 0.717) is 0 Å². The Morgan fingerprint density at radius 1 is 0.652 bits per heavy atom. The summed E-state index contributed by atoms with van der Waals surface area (Å²) in [5, 5.41) is 3.09. The first-order valence-electron chi connectivity index (χ1n) is 7.68. The molecule has 2 heterocycles. The van der Waals surface area contributed by atoms with Gasteiger partial charge in [-0.15, -0.1) is 0 Å². The lowest BCUT2D eigenvalue weighted by Crippen LogP contribution is -2.05. The number of benzene rings is 3. The number of fused-ring (bicyclic) bond motifs is 3. The summed E-state index contributed by atoms with van der Waals surface area (Å²) >= 11 is 0. The number of hydrogen-bond donors (Lipinski definition) is 0. The fraction of sp³-hybridized carbons (Fsp3) is 0. The molecule has 0 saturated heterocycles. The van der Waals surface area contributed by atoms with E-state index in [1.54, 1.807) is 6.07 Å². The van der Waals surface area contributed by atoms with Gasteiger partial charge in [0.2, 0.25) is 0 Å². The van der Waals surface area contributed by atoms with Crippen molar-refractivity contribution in [2.75, 3.05) is 0 Å². The van der Waals surface area contributed by atoms with E-state index in [1.165, 1.54) is 5.39 Å². The van der Waals surface area contributed by atoms with E-state index < -0.39 is 0 Å². The third-order valence-corrected chi connectivity index (χ3v) is 4.54. The van der Waals surface area contributed by atoms with Gasteiger partial charge in [-0.2, -0.15) is 0 Å². The highest BCUT2D eigenvalue weighted by Crippen LogP contribution is 2.34. The number of para-hydroxylation sites is 2. The van der Waals surface area contributed by atoms with Gasteiger partial charge in [0, 0.05) is 22.2 Å². The second-order valence-electron chi connectivity index (χ2n) is 5.81. The van der Waals surface area contributed by atoms with Gasteiger partial charge in [-0.3, -0.25) is 4.79 Å². The van der Waals surface area contributed by atoms with E-state index in [-0.39, 0.29) is 5.43 Å². The molecule has 0 spiro atoms. The molecule has 0 aliphatic heterocycles. The lowest BCUT2D eigenvalue weighted by Gasteiger charge is -2.09. The minimum atomic E-state index is 0.0739. The lowest BCUT2D eigenvalue weighted by atomic mass is 10.1. The summed E-state index contributed by atoms with van der Waals surface area (Å²) in [5.41, 5.74) is 4.22. The monoisotopic (exact) mass is 295 g/mol. The summed E-state index contributed by atoms with van der Waals surface area (Å²) in [6, 6.07) is 26.2. The summed E-state index contributed by atoms with van der Waals surface area (Å²) in [6.07, 6.45) is 0. The number of aromatic nitrogens is 1. The quantitative estimate of drug-likeness (QED) is 0.439. The third-order valence-electron chi connectivity index (χ3n) is 4.54. The van der Waals surface area contributed by atoms with Gasteiger partial charge < -0.3 is 4.40 Å². The van der Waals surface area contributed by atoms with Crippen molar-refractivity contribution in [3.63, 3.8) is 0 Å². The molecule has 108 valence electrons. The van der Waals surface area contributed by atoms with Crippen molar-refractivity contribution in [3.05, 3.63) is 89.1 Å².